The lowest BCUT2D eigenvalue weighted by Crippen LogP contribution is -2.32. The fraction of sp³-hybridized carbons (Fsp3) is 0.261. The third-order valence-corrected chi connectivity index (χ3v) is 6.45. The quantitative estimate of drug-likeness (QED) is 0.552. The SMILES string of the molecule is Cc1nc(-c2cccc(Cl)c2)sc1C(=O)Nc1ccccc1C(=O)NCC1CCCO1. The highest BCUT2D eigenvalue weighted by atomic mass is 35.5. The molecule has 0 saturated carbocycles. The Morgan fingerprint density at radius 1 is 1.19 bits per heavy atom. The molecule has 1 saturated heterocycles. The molecule has 4 rings (SSSR count). The van der Waals surface area contributed by atoms with Gasteiger partial charge in [0.15, 0.2) is 0 Å². The fourth-order valence-electron chi connectivity index (χ4n) is 3.43. The van der Waals surface area contributed by atoms with Gasteiger partial charge in [0.25, 0.3) is 11.8 Å². The molecule has 2 amide bonds. The first-order chi connectivity index (χ1) is 15.0. The number of anilines is 1. The molecule has 1 unspecified atom stereocenters. The number of ether oxygens (including phenoxy) is 1. The molecule has 2 N–H and O–H groups in total. The Balaban J connectivity index is 1.49. The van der Waals surface area contributed by atoms with Crippen molar-refractivity contribution in [3.8, 4) is 10.6 Å². The van der Waals surface area contributed by atoms with E-state index in [9.17, 15) is 9.59 Å². The van der Waals surface area contributed by atoms with Crippen LogP contribution in [0.15, 0.2) is 48.5 Å². The lowest BCUT2D eigenvalue weighted by Gasteiger charge is -2.13. The second-order valence-electron chi connectivity index (χ2n) is 7.29. The number of thiazole rings is 1. The van der Waals surface area contributed by atoms with E-state index in [1.807, 2.05) is 18.2 Å². The number of aryl methyl sites for hydroxylation is 1. The van der Waals surface area contributed by atoms with Crippen LogP contribution in [0.2, 0.25) is 5.02 Å². The van der Waals surface area contributed by atoms with Crippen molar-refractivity contribution in [1.82, 2.24) is 10.3 Å². The number of carbonyl (C=O) groups is 2. The van der Waals surface area contributed by atoms with Crippen molar-refractivity contribution < 1.29 is 14.3 Å². The van der Waals surface area contributed by atoms with E-state index in [0.717, 1.165) is 25.0 Å². The van der Waals surface area contributed by atoms with E-state index >= 15 is 0 Å². The first-order valence-electron chi connectivity index (χ1n) is 10.0. The molecule has 0 radical (unpaired) electrons. The molecule has 160 valence electrons. The molecule has 1 fully saturated rings. The summed E-state index contributed by atoms with van der Waals surface area (Å²) in [5, 5.41) is 7.09. The monoisotopic (exact) mass is 455 g/mol. The minimum atomic E-state index is -0.303. The van der Waals surface area contributed by atoms with Gasteiger partial charge in [-0.1, -0.05) is 35.9 Å². The van der Waals surface area contributed by atoms with Crippen molar-refractivity contribution in [3.63, 3.8) is 0 Å². The number of aromatic nitrogens is 1. The van der Waals surface area contributed by atoms with E-state index in [0.29, 0.717) is 38.4 Å². The van der Waals surface area contributed by atoms with Gasteiger partial charge in [0, 0.05) is 23.7 Å². The van der Waals surface area contributed by atoms with E-state index in [1.165, 1.54) is 11.3 Å². The number of rotatable bonds is 6. The highest BCUT2D eigenvalue weighted by Crippen LogP contribution is 2.30. The summed E-state index contributed by atoms with van der Waals surface area (Å²) in [6, 6.07) is 14.3. The predicted octanol–water partition coefficient (Wildman–Crippen LogP) is 4.93. The molecular weight excluding hydrogens is 434 g/mol. The van der Waals surface area contributed by atoms with Crippen LogP contribution in [0.1, 0.15) is 38.6 Å². The lowest BCUT2D eigenvalue weighted by molar-refractivity contribution is 0.0858. The van der Waals surface area contributed by atoms with Crippen LogP contribution in [-0.2, 0) is 4.74 Å². The number of nitrogens with zero attached hydrogens (tertiary/aromatic N) is 1. The molecule has 0 bridgehead atoms. The van der Waals surface area contributed by atoms with Crippen LogP contribution in [0, 0.1) is 6.92 Å². The minimum Gasteiger partial charge on any atom is -0.376 e. The van der Waals surface area contributed by atoms with Gasteiger partial charge in [0.05, 0.1) is 23.0 Å². The van der Waals surface area contributed by atoms with Gasteiger partial charge >= 0.3 is 0 Å². The number of benzene rings is 2. The highest BCUT2D eigenvalue weighted by Gasteiger charge is 2.21. The van der Waals surface area contributed by atoms with Crippen molar-refractivity contribution in [3.05, 3.63) is 69.7 Å². The first-order valence-corrected chi connectivity index (χ1v) is 11.2. The van der Waals surface area contributed by atoms with Crippen molar-refractivity contribution in [1.29, 1.82) is 0 Å². The summed E-state index contributed by atoms with van der Waals surface area (Å²) in [5.41, 5.74) is 2.34. The van der Waals surface area contributed by atoms with Gasteiger partial charge in [-0.3, -0.25) is 9.59 Å². The van der Waals surface area contributed by atoms with Gasteiger partial charge in [0.1, 0.15) is 9.88 Å². The summed E-state index contributed by atoms with van der Waals surface area (Å²) >= 11 is 7.37. The van der Waals surface area contributed by atoms with Crippen LogP contribution in [0.5, 0.6) is 0 Å². The molecule has 1 aliphatic rings. The first kappa shape index (κ1) is 21.5. The third kappa shape index (κ3) is 5.12. The molecule has 0 spiro atoms. The number of hydrogen-bond donors (Lipinski definition) is 2. The van der Waals surface area contributed by atoms with Crippen LogP contribution in [-0.4, -0.2) is 36.1 Å². The maximum atomic E-state index is 13.0. The number of halogens is 1. The average Bonchev–Trinajstić information content (AvgIpc) is 3.42. The third-order valence-electron chi connectivity index (χ3n) is 5.01. The summed E-state index contributed by atoms with van der Waals surface area (Å²) in [5.74, 6) is -0.547. The standard InChI is InChI=1S/C23H22ClN3O3S/c1-14-20(31-23(26-14)15-6-4-7-16(24)12-15)22(29)27-19-10-3-2-9-18(19)21(28)25-13-17-8-5-11-30-17/h2-4,6-7,9-10,12,17H,5,8,11,13H2,1H3,(H,25,28)(H,27,29). The van der Waals surface area contributed by atoms with E-state index in [-0.39, 0.29) is 17.9 Å². The van der Waals surface area contributed by atoms with Crippen LogP contribution >= 0.6 is 22.9 Å². The largest absolute Gasteiger partial charge is 0.376 e. The molecule has 2 heterocycles. The molecule has 6 nitrogen and oxygen atoms in total. The topological polar surface area (TPSA) is 80.3 Å². The Morgan fingerprint density at radius 2 is 2.03 bits per heavy atom. The van der Waals surface area contributed by atoms with Crippen molar-refractivity contribution in [2.24, 2.45) is 0 Å². The molecule has 8 heteroatoms. The number of nitrogens with one attached hydrogen (secondary N) is 2. The van der Waals surface area contributed by atoms with Gasteiger partial charge in [0.2, 0.25) is 0 Å². The normalized spacial score (nSPS) is 15.6. The Bertz CT molecular complexity index is 1110. The van der Waals surface area contributed by atoms with E-state index in [4.69, 9.17) is 16.3 Å². The molecule has 1 atom stereocenters. The Hall–Kier alpha value is -2.74. The average molecular weight is 456 g/mol. The summed E-state index contributed by atoms with van der Waals surface area (Å²) in [4.78, 5) is 30.7. The number of amides is 2. The lowest BCUT2D eigenvalue weighted by atomic mass is 10.1. The zero-order chi connectivity index (χ0) is 21.8. The number of carbonyl (C=O) groups excluding carboxylic acids is 2. The number of para-hydroxylation sites is 1. The van der Waals surface area contributed by atoms with Crippen molar-refractivity contribution >= 4 is 40.4 Å². The van der Waals surface area contributed by atoms with Gasteiger partial charge in [-0.2, -0.15) is 0 Å². The maximum absolute atomic E-state index is 13.0. The Kier molecular flexibility index (Phi) is 6.65. The zero-order valence-corrected chi connectivity index (χ0v) is 18.6. The predicted molar refractivity (Wildman–Crippen MR) is 123 cm³/mol. The summed E-state index contributed by atoms with van der Waals surface area (Å²) in [6.07, 6.45) is 2.01. The zero-order valence-electron chi connectivity index (χ0n) is 17.0. The Morgan fingerprint density at radius 3 is 2.81 bits per heavy atom. The molecule has 1 aromatic heterocycles. The van der Waals surface area contributed by atoms with Crippen LogP contribution in [0.4, 0.5) is 5.69 Å². The minimum absolute atomic E-state index is 0.0513. The molecule has 0 aliphatic carbocycles. The smallest absolute Gasteiger partial charge is 0.267 e. The maximum Gasteiger partial charge on any atom is 0.267 e. The van der Waals surface area contributed by atoms with Gasteiger partial charge < -0.3 is 15.4 Å². The summed E-state index contributed by atoms with van der Waals surface area (Å²) in [7, 11) is 0. The van der Waals surface area contributed by atoms with Crippen LogP contribution in [0.25, 0.3) is 10.6 Å². The fourth-order valence-corrected chi connectivity index (χ4v) is 4.58. The van der Waals surface area contributed by atoms with Crippen LogP contribution in [0.3, 0.4) is 0 Å². The van der Waals surface area contributed by atoms with Gasteiger partial charge in [-0.05, 0) is 44.0 Å². The van der Waals surface area contributed by atoms with Crippen LogP contribution < -0.4 is 10.6 Å². The van der Waals surface area contributed by atoms with Gasteiger partial charge in [-0.25, -0.2) is 4.98 Å². The van der Waals surface area contributed by atoms with Gasteiger partial charge in [-0.15, -0.1) is 11.3 Å². The molecular formula is C23H22ClN3O3S. The van der Waals surface area contributed by atoms with E-state index in [1.54, 1.807) is 37.3 Å². The number of hydrogen-bond acceptors (Lipinski definition) is 5. The molecule has 2 aromatic carbocycles. The van der Waals surface area contributed by atoms with E-state index in [2.05, 4.69) is 15.6 Å². The van der Waals surface area contributed by atoms with E-state index < -0.39 is 0 Å². The second-order valence-corrected chi connectivity index (χ2v) is 8.72. The summed E-state index contributed by atoms with van der Waals surface area (Å²) < 4.78 is 5.55. The second kappa shape index (κ2) is 9.60. The molecule has 1 aliphatic heterocycles. The highest BCUT2D eigenvalue weighted by molar-refractivity contribution is 7.17. The summed E-state index contributed by atoms with van der Waals surface area (Å²) in [6.45, 7) is 2.98. The Labute approximate surface area is 189 Å². The molecule has 31 heavy (non-hydrogen) atoms. The van der Waals surface area contributed by atoms with Crippen molar-refractivity contribution in [2.45, 2.75) is 25.9 Å². The molecule has 3 aromatic rings. The van der Waals surface area contributed by atoms with Crippen molar-refractivity contribution in [2.75, 3.05) is 18.5 Å².